The van der Waals surface area contributed by atoms with Crippen molar-refractivity contribution in [3.05, 3.63) is 12.2 Å². The fourth-order valence-electron chi connectivity index (χ4n) is 4.21. The van der Waals surface area contributed by atoms with E-state index in [1.54, 1.807) is 0 Å². The number of carbonyl (C=O) groups is 2. The molecule has 0 aliphatic carbocycles. The predicted molar refractivity (Wildman–Crippen MR) is 144 cm³/mol. The van der Waals surface area contributed by atoms with Crippen molar-refractivity contribution in [1.82, 2.24) is 0 Å². The van der Waals surface area contributed by atoms with Crippen molar-refractivity contribution < 1.29 is 19.1 Å². The lowest BCUT2D eigenvalue weighted by atomic mass is 10.1. The van der Waals surface area contributed by atoms with E-state index < -0.39 is 0 Å². The van der Waals surface area contributed by atoms with Crippen LogP contribution in [0.15, 0.2) is 12.2 Å². The summed E-state index contributed by atoms with van der Waals surface area (Å²) in [6.45, 7) is 8.19. The molecule has 0 aliphatic heterocycles. The van der Waals surface area contributed by atoms with E-state index in [-0.39, 0.29) is 24.1 Å². The minimum Gasteiger partial charge on any atom is -0.463 e. The lowest BCUT2D eigenvalue weighted by molar-refractivity contribution is -0.149. The van der Waals surface area contributed by atoms with Crippen molar-refractivity contribution in [2.45, 2.75) is 168 Å². The average Bonchev–Trinajstić information content (AvgIpc) is 2.78. The third-order valence-corrected chi connectivity index (χ3v) is 6.23. The Morgan fingerprint density at radius 1 is 0.559 bits per heavy atom. The second kappa shape index (κ2) is 24.8. The van der Waals surface area contributed by atoms with E-state index in [2.05, 4.69) is 26.0 Å². The average molecular weight is 481 g/mol. The second-order valence-electron chi connectivity index (χ2n) is 9.97. The highest BCUT2D eigenvalue weighted by atomic mass is 16.5. The van der Waals surface area contributed by atoms with Gasteiger partial charge in [-0.3, -0.25) is 9.59 Å². The Labute approximate surface area is 211 Å². The Morgan fingerprint density at radius 3 is 1.24 bits per heavy atom. The van der Waals surface area contributed by atoms with Crippen LogP contribution in [0.3, 0.4) is 0 Å². The number of allylic oxidation sites excluding steroid dienone is 2. The van der Waals surface area contributed by atoms with Crippen molar-refractivity contribution in [3.8, 4) is 0 Å². The highest BCUT2D eigenvalue weighted by molar-refractivity contribution is 5.69. The molecular weight excluding hydrogens is 424 g/mol. The minimum absolute atomic E-state index is 0.0273. The van der Waals surface area contributed by atoms with E-state index in [1.165, 1.54) is 64.2 Å². The molecule has 0 aliphatic rings. The van der Waals surface area contributed by atoms with E-state index >= 15 is 0 Å². The Hall–Kier alpha value is -1.32. The van der Waals surface area contributed by atoms with Crippen molar-refractivity contribution >= 4 is 11.9 Å². The molecule has 0 aromatic rings. The summed E-state index contributed by atoms with van der Waals surface area (Å²) in [5, 5.41) is 0. The summed E-state index contributed by atoms with van der Waals surface area (Å²) in [4.78, 5) is 23.4. The second-order valence-corrected chi connectivity index (χ2v) is 9.97. The van der Waals surface area contributed by atoms with Crippen LogP contribution in [0.25, 0.3) is 0 Å². The summed E-state index contributed by atoms with van der Waals surface area (Å²) in [6, 6.07) is 0. The zero-order chi connectivity index (χ0) is 25.3. The van der Waals surface area contributed by atoms with E-state index in [9.17, 15) is 9.59 Å². The molecule has 0 bridgehead atoms. The summed E-state index contributed by atoms with van der Waals surface area (Å²) in [5.41, 5.74) is 0. The fourth-order valence-corrected chi connectivity index (χ4v) is 4.21. The molecule has 0 rings (SSSR count). The molecule has 4 nitrogen and oxygen atoms in total. The number of unbranched alkanes of at least 4 members (excludes halogenated alkanes) is 12. The first-order chi connectivity index (χ1) is 16.5. The number of rotatable bonds is 24. The third kappa shape index (κ3) is 23.8. The summed E-state index contributed by atoms with van der Waals surface area (Å²) in [5.74, 6) is -0.0546. The largest absolute Gasteiger partial charge is 0.463 e. The van der Waals surface area contributed by atoms with Gasteiger partial charge in [0, 0.05) is 12.8 Å². The smallest absolute Gasteiger partial charge is 0.306 e. The molecule has 0 heterocycles. The Kier molecular flexibility index (Phi) is 23.8. The topological polar surface area (TPSA) is 52.6 Å². The van der Waals surface area contributed by atoms with Crippen molar-refractivity contribution in [2.75, 3.05) is 0 Å². The van der Waals surface area contributed by atoms with Crippen LogP contribution in [-0.2, 0) is 19.1 Å². The van der Waals surface area contributed by atoms with E-state index in [0.717, 1.165) is 51.4 Å². The molecule has 0 saturated carbocycles. The maximum absolute atomic E-state index is 11.7. The van der Waals surface area contributed by atoms with Gasteiger partial charge in [-0.25, -0.2) is 0 Å². The summed E-state index contributed by atoms with van der Waals surface area (Å²) < 4.78 is 10.8. The molecule has 0 aromatic carbocycles. The number of ether oxygens (including phenoxy) is 2. The Bertz CT molecular complexity index is 456. The van der Waals surface area contributed by atoms with E-state index in [1.807, 2.05) is 13.8 Å². The van der Waals surface area contributed by atoms with Crippen molar-refractivity contribution in [2.24, 2.45) is 0 Å². The standard InChI is InChI=1S/C30H56O4/c1-5-23-27(3)33-29(31)25-21-19-17-15-13-11-9-7-8-10-12-14-16-18-20-22-26-30(32)34-28(4)24-6-2/h7-8,27-28H,5-6,9-26H2,1-4H3/b8-7+. The summed E-state index contributed by atoms with van der Waals surface area (Å²) in [6.07, 6.45) is 26.7. The van der Waals surface area contributed by atoms with Crippen molar-refractivity contribution in [1.29, 1.82) is 0 Å². The quantitative estimate of drug-likeness (QED) is 0.0784. The normalized spacial score (nSPS) is 13.2. The molecule has 2 unspecified atom stereocenters. The molecule has 0 aromatic heterocycles. The first-order valence-corrected chi connectivity index (χ1v) is 14.5. The molecule has 0 radical (unpaired) electrons. The highest BCUT2D eigenvalue weighted by Crippen LogP contribution is 2.13. The van der Waals surface area contributed by atoms with Gasteiger partial charge in [-0.15, -0.1) is 0 Å². The Morgan fingerprint density at radius 2 is 0.882 bits per heavy atom. The first-order valence-electron chi connectivity index (χ1n) is 14.5. The number of carbonyl (C=O) groups excluding carboxylic acids is 2. The molecule has 0 N–H and O–H groups in total. The molecule has 0 spiro atoms. The van der Waals surface area contributed by atoms with Gasteiger partial charge in [0.05, 0.1) is 12.2 Å². The zero-order valence-corrected chi connectivity index (χ0v) is 23.1. The van der Waals surface area contributed by atoms with Gasteiger partial charge >= 0.3 is 11.9 Å². The predicted octanol–water partition coefficient (Wildman–Crippen LogP) is 9.25. The molecular formula is C30H56O4. The van der Waals surface area contributed by atoms with Crippen LogP contribution >= 0.6 is 0 Å². The van der Waals surface area contributed by atoms with Gasteiger partial charge in [0.25, 0.3) is 0 Å². The SMILES string of the molecule is CCCC(C)OC(=O)CCCCCCCC/C=C/CCCCCCCCC(=O)OC(C)CCC. The van der Waals surface area contributed by atoms with Crippen LogP contribution in [0.1, 0.15) is 156 Å². The number of hydrogen-bond acceptors (Lipinski definition) is 4. The highest BCUT2D eigenvalue weighted by Gasteiger charge is 2.08. The third-order valence-electron chi connectivity index (χ3n) is 6.23. The minimum atomic E-state index is -0.0273. The van der Waals surface area contributed by atoms with Gasteiger partial charge in [-0.2, -0.15) is 0 Å². The Balaban J connectivity index is 3.32. The molecule has 0 fully saturated rings. The van der Waals surface area contributed by atoms with Gasteiger partial charge in [0.1, 0.15) is 0 Å². The lowest BCUT2D eigenvalue weighted by Gasteiger charge is -2.11. The van der Waals surface area contributed by atoms with E-state index in [4.69, 9.17) is 9.47 Å². The van der Waals surface area contributed by atoms with Crippen LogP contribution in [0.5, 0.6) is 0 Å². The van der Waals surface area contributed by atoms with Crippen molar-refractivity contribution in [3.63, 3.8) is 0 Å². The van der Waals surface area contributed by atoms with Crippen LogP contribution in [0.2, 0.25) is 0 Å². The van der Waals surface area contributed by atoms with Gasteiger partial charge in [0.15, 0.2) is 0 Å². The monoisotopic (exact) mass is 480 g/mol. The maximum Gasteiger partial charge on any atom is 0.306 e. The molecule has 200 valence electrons. The zero-order valence-electron chi connectivity index (χ0n) is 23.1. The van der Waals surface area contributed by atoms with Crippen LogP contribution in [-0.4, -0.2) is 24.1 Å². The first kappa shape index (κ1) is 32.7. The van der Waals surface area contributed by atoms with Gasteiger partial charge in [-0.1, -0.05) is 90.2 Å². The van der Waals surface area contributed by atoms with Crippen LogP contribution in [0.4, 0.5) is 0 Å². The van der Waals surface area contributed by atoms with Gasteiger partial charge < -0.3 is 9.47 Å². The molecule has 4 heteroatoms. The molecule has 2 atom stereocenters. The molecule has 34 heavy (non-hydrogen) atoms. The lowest BCUT2D eigenvalue weighted by Crippen LogP contribution is -2.14. The fraction of sp³-hybridized carbons (Fsp3) is 0.867. The van der Waals surface area contributed by atoms with E-state index in [0.29, 0.717) is 12.8 Å². The maximum atomic E-state index is 11.7. The summed E-state index contributed by atoms with van der Waals surface area (Å²) in [7, 11) is 0. The molecule has 0 saturated heterocycles. The van der Waals surface area contributed by atoms with Gasteiger partial charge in [0.2, 0.25) is 0 Å². The number of esters is 2. The molecule has 0 amide bonds. The summed E-state index contributed by atoms with van der Waals surface area (Å²) >= 11 is 0. The van der Waals surface area contributed by atoms with Crippen LogP contribution in [0, 0.1) is 0 Å². The van der Waals surface area contributed by atoms with Crippen LogP contribution < -0.4 is 0 Å². The van der Waals surface area contributed by atoms with Gasteiger partial charge in [-0.05, 0) is 65.2 Å². The number of hydrogen-bond donors (Lipinski definition) is 0.